The fourth-order valence-corrected chi connectivity index (χ4v) is 3.75. The molecular formula is C14H25ClN2O2S. The number of rotatable bonds is 1. The van der Waals surface area contributed by atoms with Crippen molar-refractivity contribution in [2.24, 2.45) is 5.41 Å². The Bertz CT molecular complexity index is 342. The van der Waals surface area contributed by atoms with Crippen molar-refractivity contribution in [1.82, 2.24) is 9.21 Å². The van der Waals surface area contributed by atoms with E-state index in [2.05, 4.69) is 4.31 Å². The van der Waals surface area contributed by atoms with E-state index in [-0.39, 0.29) is 6.09 Å². The molecule has 2 heterocycles. The van der Waals surface area contributed by atoms with E-state index in [0.717, 1.165) is 39.0 Å². The molecule has 2 saturated heterocycles. The third-order valence-corrected chi connectivity index (χ3v) is 5.50. The molecule has 20 heavy (non-hydrogen) atoms. The Labute approximate surface area is 130 Å². The van der Waals surface area contributed by atoms with Crippen molar-refractivity contribution in [3.63, 3.8) is 0 Å². The summed E-state index contributed by atoms with van der Waals surface area (Å²) in [6.07, 6.45) is 4.39. The van der Waals surface area contributed by atoms with E-state index >= 15 is 0 Å². The van der Waals surface area contributed by atoms with Crippen LogP contribution in [0.2, 0.25) is 0 Å². The summed E-state index contributed by atoms with van der Waals surface area (Å²) >= 11 is 1.33. The van der Waals surface area contributed by atoms with E-state index in [1.54, 1.807) is 0 Å². The fourth-order valence-electron chi connectivity index (χ4n) is 3.02. The molecule has 116 valence electrons. The summed E-state index contributed by atoms with van der Waals surface area (Å²) in [6, 6.07) is 0. The molecular weight excluding hydrogens is 296 g/mol. The van der Waals surface area contributed by atoms with Crippen molar-refractivity contribution in [2.75, 3.05) is 26.2 Å². The van der Waals surface area contributed by atoms with Crippen LogP contribution in [0.4, 0.5) is 4.79 Å². The summed E-state index contributed by atoms with van der Waals surface area (Å²) in [5.41, 5.74) is 0.0107. The predicted molar refractivity (Wildman–Crippen MR) is 83.7 cm³/mol. The highest BCUT2D eigenvalue weighted by molar-refractivity contribution is 8.19. The highest BCUT2D eigenvalue weighted by Crippen LogP contribution is 2.42. The van der Waals surface area contributed by atoms with Crippen molar-refractivity contribution >= 4 is 27.9 Å². The zero-order chi connectivity index (χ0) is 14.8. The van der Waals surface area contributed by atoms with Gasteiger partial charge in [-0.2, -0.15) is 0 Å². The highest BCUT2D eigenvalue weighted by atomic mass is 35.7. The quantitative estimate of drug-likeness (QED) is 0.686. The number of amides is 1. The molecule has 0 unspecified atom stereocenters. The van der Waals surface area contributed by atoms with Gasteiger partial charge in [-0.05, 0) is 62.6 Å². The molecule has 2 fully saturated rings. The molecule has 0 bridgehead atoms. The maximum absolute atomic E-state index is 12.1. The summed E-state index contributed by atoms with van der Waals surface area (Å²) in [7, 11) is 5.81. The average molecular weight is 321 g/mol. The van der Waals surface area contributed by atoms with Crippen LogP contribution in [-0.2, 0) is 4.74 Å². The van der Waals surface area contributed by atoms with Gasteiger partial charge in [-0.3, -0.25) is 0 Å². The number of hydrogen-bond donors (Lipinski definition) is 0. The van der Waals surface area contributed by atoms with Gasteiger partial charge in [0.05, 0.1) is 0 Å². The topological polar surface area (TPSA) is 32.8 Å². The van der Waals surface area contributed by atoms with E-state index in [9.17, 15) is 4.79 Å². The fraction of sp³-hybridized carbons (Fsp3) is 0.929. The Kier molecular flexibility index (Phi) is 5.14. The van der Waals surface area contributed by atoms with Gasteiger partial charge in [0.25, 0.3) is 0 Å². The summed E-state index contributed by atoms with van der Waals surface area (Å²) in [5.74, 6) is 0. The summed E-state index contributed by atoms with van der Waals surface area (Å²) in [5, 5.41) is 0. The van der Waals surface area contributed by atoms with Crippen LogP contribution in [0.3, 0.4) is 0 Å². The lowest BCUT2D eigenvalue weighted by Crippen LogP contribution is -2.48. The van der Waals surface area contributed by atoms with Gasteiger partial charge >= 0.3 is 6.09 Å². The monoisotopic (exact) mass is 320 g/mol. The molecule has 1 spiro atoms. The third-order valence-electron chi connectivity index (χ3n) is 4.36. The minimum absolute atomic E-state index is 0.166. The van der Waals surface area contributed by atoms with Crippen LogP contribution in [0.5, 0.6) is 0 Å². The molecule has 2 aliphatic heterocycles. The van der Waals surface area contributed by atoms with Crippen molar-refractivity contribution in [3.05, 3.63) is 0 Å². The van der Waals surface area contributed by atoms with Crippen LogP contribution in [-0.4, -0.2) is 47.1 Å². The molecule has 0 aromatic heterocycles. The van der Waals surface area contributed by atoms with E-state index in [1.165, 1.54) is 24.0 Å². The molecule has 0 atom stereocenters. The van der Waals surface area contributed by atoms with Crippen LogP contribution in [0.1, 0.15) is 46.5 Å². The van der Waals surface area contributed by atoms with Crippen LogP contribution in [0, 0.1) is 5.41 Å². The largest absolute Gasteiger partial charge is 0.444 e. The van der Waals surface area contributed by atoms with Crippen LogP contribution in [0.15, 0.2) is 0 Å². The summed E-state index contributed by atoms with van der Waals surface area (Å²) in [4.78, 5) is 13.9. The SMILES string of the molecule is CC(C)(C)OC(=O)N1CCC2(CCN(SCl)CC2)CC1. The second-order valence-corrected chi connectivity index (χ2v) is 8.03. The molecule has 0 aromatic carbocycles. The van der Waals surface area contributed by atoms with Gasteiger partial charge in [0.2, 0.25) is 0 Å². The standard InChI is InChI=1S/C14H25ClN2O2S/c1-13(2,3)19-12(18)16-8-4-14(5-9-16)6-10-17(20-15)11-7-14/h4-11H2,1-3H3. The molecule has 0 N–H and O–H groups in total. The number of hydrogen-bond acceptors (Lipinski definition) is 4. The van der Waals surface area contributed by atoms with Crippen LogP contribution in [0.25, 0.3) is 0 Å². The summed E-state index contributed by atoms with van der Waals surface area (Å²) < 4.78 is 7.66. The number of piperidine rings is 2. The zero-order valence-electron chi connectivity index (χ0n) is 12.7. The van der Waals surface area contributed by atoms with Gasteiger partial charge in [0, 0.05) is 37.3 Å². The molecule has 0 saturated carbocycles. The van der Waals surface area contributed by atoms with Gasteiger partial charge in [-0.1, -0.05) is 0 Å². The first-order chi connectivity index (χ1) is 9.34. The van der Waals surface area contributed by atoms with Crippen molar-refractivity contribution in [1.29, 1.82) is 0 Å². The first kappa shape index (κ1) is 16.2. The maximum atomic E-state index is 12.1. The Hall–Kier alpha value is -0.130. The Balaban J connectivity index is 1.82. The Morgan fingerprint density at radius 3 is 2.05 bits per heavy atom. The van der Waals surface area contributed by atoms with Crippen LogP contribution >= 0.6 is 21.8 Å². The van der Waals surface area contributed by atoms with E-state index in [0.29, 0.717) is 5.41 Å². The molecule has 6 heteroatoms. The first-order valence-corrected chi connectivity index (χ1v) is 8.95. The number of halogens is 1. The highest BCUT2D eigenvalue weighted by Gasteiger charge is 2.39. The molecule has 1 amide bonds. The predicted octanol–water partition coefficient (Wildman–Crippen LogP) is 3.90. The van der Waals surface area contributed by atoms with Crippen molar-refractivity contribution in [2.45, 2.75) is 52.1 Å². The lowest BCUT2D eigenvalue weighted by atomic mass is 9.72. The molecule has 2 rings (SSSR count). The minimum Gasteiger partial charge on any atom is -0.444 e. The lowest BCUT2D eigenvalue weighted by molar-refractivity contribution is 0.00299. The maximum Gasteiger partial charge on any atom is 0.410 e. The van der Waals surface area contributed by atoms with Gasteiger partial charge in [-0.15, -0.1) is 0 Å². The number of likely N-dealkylation sites (tertiary alicyclic amines) is 1. The van der Waals surface area contributed by atoms with Gasteiger partial charge in [0.15, 0.2) is 0 Å². The normalized spacial score (nSPS) is 23.9. The summed E-state index contributed by atoms with van der Waals surface area (Å²) in [6.45, 7) is 9.49. The smallest absolute Gasteiger partial charge is 0.410 e. The second kappa shape index (κ2) is 6.32. The van der Waals surface area contributed by atoms with Crippen LogP contribution < -0.4 is 0 Å². The number of carbonyl (C=O) groups excluding carboxylic acids is 1. The molecule has 0 aromatic rings. The van der Waals surface area contributed by atoms with E-state index in [1.807, 2.05) is 25.7 Å². The molecule has 0 aliphatic carbocycles. The van der Waals surface area contributed by atoms with Crippen molar-refractivity contribution < 1.29 is 9.53 Å². The lowest BCUT2D eigenvalue weighted by Gasteiger charge is -2.46. The molecule has 2 aliphatic rings. The zero-order valence-corrected chi connectivity index (χ0v) is 14.2. The molecule has 0 radical (unpaired) electrons. The molecule has 4 nitrogen and oxygen atoms in total. The van der Waals surface area contributed by atoms with Gasteiger partial charge in [0.1, 0.15) is 5.60 Å². The number of ether oxygens (including phenoxy) is 1. The third kappa shape index (κ3) is 4.18. The Morgan fingerprint density at radius 2 is 1.60 bits per heavy atom. The number of nitrogens with zero attached hydrogens (tertiary/aromatic N) is 2. The van der Waals surface area contributed by atoms with E-state index in [4.69, 9.17) is 15.4 Å². The van der Waals surface area contributed by atoms with Gasteiger partial charge < -0.3 is 9.64 Å². The number of carbonyl (C=O) groups is 1. The first-order valence-electron chi connectivity index (χ1n) is 7.35. The van der Waals surface area contributed by atoms with E-state index < -0.39 is 5.60 Å². The minimum atomic E-state index is -0.408. The van der Waals surface area contributed by atoms with Gasteiger partial charge in [-0.25, -0.2) is 9.10 Å². The average Bonchev–Trinajstić information content (AvgIpc) is 2.38. The van der Waals surface area contributed by atoms with Crippen molar-refractivity contribution in [3.8, 4) is 0 Å². The second-order valence-electron chi connectivity index (χ2n) is 6.97. The Morgan fingerprint density at radius 1 is 1.10 bits per heavy atom.